The molecule has 0 spiro atoms. The van der Waals surface area contributed by atoms with Crippen molar-refractivity contribution in [1.82, 2.24) is 15.0 Å². The third kappa shape index (κ3) is 4.27. The Bertz CT molecular complexity index is 1070. The van der Waals surface area contributed by atoms with Crippen LogP contribution in [0.2, 0.25) is 0 Å². The van der Waals surface area contributed by atoms with Crippen molar-refractivity contribution in [3.63, 3.8) is 0 Å². The molecule has 4 nitrogen and oxygen atoms in total. The lowest BCUT2D eigenvalue weighted by atomic mass is 10.1. The number of benzene rings is 1. The number of nitrogens with one attached hydrogen (secondary N) is 1. The van der Waals surface area contributed by atoms with Gasteiger partial charge in [-0.05, 0) is 48.5 Å². The molecule has 4 aromatic rings. The summed E-state index contributed by atoms with van der Waals surface area (Å²) in [6.45, 7) is 6.26. The van der Waals surface area contributed by atoms with Gasteiger partial charge in [-0.2, -0.15) is 0 Å². The largest absolute Gasteiger partial charge is 0.325 e. The molecule has 0 unspecified atom stereocenters. The molecule has 0 aliphatic carbocycles. The maximum Gasteiger partial charge on any atom is 0.125 e. The quantitative estimate of drug-likeness (QED) is 0.342. The average Bonchev–Trinajstić information content (AvgIpc) is 3.37. The summed E-state index contributed by atoms with van der Waals surface area (Å²) in [5.74, 6) is 1.14. The van der Waals surface area contributed by atoms with Crippen LogP contribution in [0.5, 0.6) is 0 Å². The minimum absolute atomic E-state index is 0.371. The lowest BCUT2D eigenvalue weighted by Crippen LogP contribution is -1.91. The van der Waals surface area contributed by atoms with Crippen LogP contribution in [0.1, 0.15) is 30.6 Å². The fraction of sp³-hybridized carbons (Fsp3) is 0.190. The normalized spacial score (nSPS) is 11.1. The average molecular weight is 425 g/mol. The van der Waals surface area contributed by atoms with Crippen LogP contribution in [-0.2, 0) is 0 Å². The van der Waals surface area contributed by atoms with Crippen LogP contribution in [0, 0.1) is 6.92 Å². The van der Waals surface area contributed by atoms with Gasteiger partial charge in [0.05, 0.1) is 25.5 Å². The Kier molecular flexibility index (Phi) is 5.75. The van der Waals surface area contributed by atoms with Crippen LogP contribution in [0.4, 0.5) is 5.69 Å². The summed E-state index contributed by atoms with van der Waals surface area (Å²) in [7, 11) is 0. The van der Waals surface area contributed by atoms with Gasteiger partial charge in [0.1, 0.15) is 5.82 Å². The molecule has 0 aliphatic rings. The Labute approximate surface area is 177 Å². The van der Waals surface area contributed by atoms with Gasteiger partial charge in [-0.3, -0.25) is 0 Å². The third-order valence-corrected chi connectivity index (χ3v) is 7.30. The monoisotopic (exact) mass is 424 g/mol. The third-order valence-electron chi connectivity index (χ3n) is 4.05. The number of nitrogens with zero attached hydrogens (tertiary/aromatic N) is 3. The highest BCUT2D eigenvalue weighted by Gasteiger charge is 2.18. The predicted octanol–water partition coefficient (Wildman–Crippen LogP) is 6.88. The van der Waals surface area contributed by atoms with E-state index in [1.807, 2.05) is 19.2 Å². The van der Waals surface area contributed by atoms with Crippen molar-refractivity contribution < 1.29 is 0 Å². The van der Waals surface area contributed by atoms with Crippen molar-refractivity contribution in [2.24, 2.45) is 0 Å². The summed E-state index contributed by atoms with van der Waals surface area (Å²) in [5, 5.41) is 3.20. The maximum atomic E-state index is 4.96. The second-order valence-electron chi connectivity index (χ2n) is 6.59. The number of hydrogen-bond acceptors (Lipinski definition) is 7. The van der Waals surface area contributed by atoms with E-state index in [0.717, 1.165) is 38.3 Å². The minimum Gasteiger partial charge on any atom is -0.325 e. The zero-order chi connectivity index (χ0) is 19.5. The highest BCUT2D eigenvalue weighted by Crippen LogP contribution is 2.39. The molecular weight excluding hydrogens is 404 g/mol. The SMILES string of the molecule is Cc1nccc(-c2sc(C(C)C)nc2-c2cccc(NSc3cccs3)c2)n1. The molecule has 0 bridgehead atoms. The van der Waals surface area contributed by atoms with E-state index in [1.54, 1.807) is 34.6 Å². The lowest BCUT2D eigenvalue weighted by Gasteiger charge is -2.07. The van der Waals surface area contributed by atoms with E-state index in [9.17, 15) is 0 Å². The zero-order valence-corrected chi connectivity index (χ0v) is 18.3. The Morgan fingerprint density at radius 1 is 1.07 bits per heavy atom. The Morgan fingerprint density at radius 3 is 2.71 bits per heavy atom. The van der Waals surface area contributed by atoms with E-state index < -0.39 is 0 Å². The molecule has 0 saturated carbocycles. The molecule has 0 fully saturated rings. The van der Waals surface area contributed by atoms with Crippen LogP contribution < -0.4 is 4.72 Å². The van der Waals surface area contributed by atoms with Crippen molar-refractivity contribution >= 4 is 40.3 Å². The standard InChI is InChI=1S/C21H20N4S3/c1-13(2)21-24-19(20(27-21)17-9-10-22-14(3)23-17)15-6-4-7-16(12-15)25-28-18-8-5-11-26-18/h4-13,25H,1-3H3. The van der Waals surface area contributed by atoms with Crippen LogP contribution in [0.15, 0.2) is 58.3 Å². The van der Waals surface area contributed by atoms with Crippen molar-refractivity contribution in [3.05, 3.63) is 64.9 Å². The van der Waals surface area contributed by atoms with Crippen molar-refractivity contribution in [3.8, 4) is 21.8 Å². The lowest BCUT2D eigenvalue weighted by molar-refractivity contribution is 0.853. The molecule has 3 aromatic heterocycles. The molecule has 28 heavy (non-hydrogen) atoms. The predicted molar refractivity (Wildman–Crippen MR) is 121 cm³/mol. The van der Waals surface area contributed by atoms with E-state index in [2.05, 4.69) is 70.3 Å². The minimum atomic E-state index is 0.371. The van der Waals surface area contributed by atoms with E-state index in [1.165, 1.54) is 4.21 Å². The highest BCUT2D eigenvalue weighted by atomic mass is 32.2. The highest BCUT2D eigenvalue weighted by molar-refractivity contribution is 8.02. The number of hydrogen-bond donors (Lipinski definition) is 1. The first-order chi connectivity index (χ1) is 13.6. The molecular formula is C21H20N4S3. The van der Waals surface area contributed by atoms with Crippen molar-refractivity contribution in [2.75, 3.05) is 4.72 Å². The van der Waals surface area contributed by atoms with Gasteiger partial charge in [-0.25, -0.2) is 15.0 Å². The van der Waals surface area contributed by atoms with Gasteiger partial charge in [-0.1, -0.05) is 32.0 Å². The molecule has 1 N–H and O–H groups in total. The number of anilines is 1. The fourth-order valence-electron chi connectivity index (χ4n) is 2.70. The van der Waals surface area contributed by atoms with Crippen LogP contribution in [0.3, 0.4) is 0 Å². The van der Waals surface area contributed by atoms with Gasteiger partial charge < -0.3 is 4.72 Å². The van der Waals surface area contributed by atoms with Crippen molar-refractivity contribution in [2.45, 2.75) is 30.9 Å². The number of thiophene rings is 1. The van der Waals surface area contributed by atoms with Crippen molar-refractivity contribution in [1.29, 1.82) is 0 Å². The molecule has 0 radical (unpaired) electrons. The molecule has 4 rings (SSSR count). The molecule has 0 aliphatic heterocycles. The van der Waals surface area contributed by atoms with Gasteiger partial charge in [0.15, 0.2) is 0 Å². The topological polar surface area (TPSA) is 50.7 Å². The number of aryl methyl sites for hydroxylation is 1. The molecule has 1 aromatic carbocycles. The summed E-state index contributed by atoms with van der Waals surface area (Å²) in [6.07, 6.45) is 1.81. The number of rotatable bonds is 6. The van der Waals surface area contributed by atoms with Crippen LogP contribution in [-0.4, -0.2) is 15.0 Å². The molecule has 0 atom stereocenters. The Morgan fingerprint density at radius 2 is 1.96 bits per heavy atom. The molecule has 3 heterocycles. The summed E-state index contributed by atoms with van der Waals surface area (Å²) in [4.78, 5) is 14.9. The van der Waals surface area contributed by atoms with Gasteiger partial charge >= 0.3 is 0 Å². The Hall–Kier alpha value is -2.22. The summed E-state index contributed by atoms with van der Waals surface area (Å²) in [6, 6.07) is 14.5. The summed E-state index contributed by atoms with van der Waals surface area (Å²) in [5.41, 5.74) is 4.06. The molecule has 142 valence electrons. The molecule has 7 heteroatoms. The number of aromatic nitrogens is 3. The van der Waals surface area contributed by atoms with Crippen LogP contribution in [0.25, 0.3) is 21.8 Å². The molecule has 0 amide bonds. The van der Waals surface area contributed by atoms with Gasteiger partial charge in [0.2, 0.25) is 0 Å². The fourth-order valence-corrected chi connectivity index (χ4v) is 5.18. The first kappa shape index (κ1) is 19.1. The van der Waals surface area contributed by atoms with E-state index in [4.69, 9.17) is 4.98 Å². The summed E-state index contributed by atoms with van der Waals surface area (Å²) < 4.78 is 4.67. The van der Waals surface area contributed by atoms with Gasteiger partial charge in [-0.15, -0.1) is 22.7 Å². The van der Waals surface area contributed by atoms with Gasteiger partial charge in [0, 0.05) is 23.4 Å². The summed E-state index contributed by atoms with van der Waals surface area (Å²) >= 11 is 5.07. The first-order valence-corrected chi connectivity index (χ1v) is 11.5. The van der Waals surface area contributed by atoms with Gasteiger partial charge in [0.25, 0.3) is 0 Å². The van der Waals surface area contributed by atoms with E-state index >= 15 is 0 Å². The molecule has 0 saturated heterocycles. The second-order valence-corrected chi connectivity index (χ2v) is 9.68. The first-order valence-electron chi connectivity index (χ1n) is 8.97. The Balaban J connectivity index is 1.71. The number of thiazole rings is 1. The van der Waals surface area contributed by atoms with Crippen LogP contribution >= 0.6 is 34.6 Å². The van der Waals surface area contributed by atoms with E-state index in [0.29, 0.717) is 5.92 Å². The maximum absolute atomic E-state index is 4.96. The second kappa shape index (κ2) is 8.43. The zero-order valence-electron chi connectivity index (χ0n) is 15.8. The van der Waals surface area contributed by atoms with E-state index in [-0.39, 0.29) is 0 Å². The smallest absolute Gasteiger partial charge is 0.125 e.